The second-order valence-electron chi connectivity index (χ2n) is 9.32. The molecule has 0 bridgehead atoms. The summed E-state index contributed by atoms with van der Waals surface area (Å²) in [6, 6.07) is 11.9. The van der Waals surface area contributed by atoms with E-state index in [4.69, 9.17) is 0 Å². The molecule has 8 heteroatoms. The van der Waals surface area contributed by atoms with Gasteiger partial charge in [0.15, 0.2) is 0 Å². The van der Waals surface area contributed by atoms with Crippen LogP contribution in [0.15, 0.2) is 48.5 Å². The number of carbonyl (C=O) groups excluding carboxylic acids is 2. The maximum atomic E-state index is 13.0. The van der Waals surface area contributed by atoms with Gasteiger partial charge in [-0.15, -0.1) is 0 Å². The lowest BCUT2D eigenvalue weighted by Crippen LogP contribution is -2.53. The molecular weight excluding hydrogens is 443 g/mol. The Bertz CT molecular complexity index is 999. The summed E-state index contributed by atoms with van der Waals surface area (Å²) in [6.07, 6.45) is -2.96. The fourth-order valence-corrected chi connectivity index (χ4v) is 4.18. The molecule has 2 aromatic carbocycles. The maximum absolute atomic E-state index is 13.0. The van der Waals surface area contributed by atoms with E-state index in [0.29, 0.717) is 43.6 Å². The van der Waals surface area contributed by atoms with Crippen LogP contribution in [0, 0.1) is 12.8 Å². The molecule has 1 unspecified atom stereocenters. The van der Waals surface area contributed by atoms with Gasteiger partial charge in [-0.25, -0.2) is 0 Å². The van der Waals surface area contributed by atoms with Crippen molar-refractivity contribution >= 4 is 11.8 Å². The van der Waals surface area contributed by atoms with Crippen LogP contribution in [0.5, 0.6) is 0 Å². The maximum Gasteiger partial charge on any atom is 0.416 e. The molecule has 1 fully saturated rings. The minimum Gasteiger partial charge on any atom is -0.351 e. The van der Waals surface area contributed by atoms with Crippen molar-refractivity contribution in [3.63, 3.8) is 0 Å². The van der Waals surface area contributed by atoms with Gasteiger partial charge in [0.05, 0.1) is 5.56 Å². The minimum absolute atomic E-state index is 0.0395. The van der Waals surface area contributed by atoms with E-state index < -0.39 is 17.8 Å². The van der Waals surface area contributed by atoms with Crippen molar-refractivity contribution in [3.05, 3.63) is 70.8 Å². The van der Waals surface area contributed by atoms with E-state index in [-0.39, 0.29) is 23.8 Å². The van der Waals surface area contributed by atoms with Crippen LogP contribution in [0.3, 0.4) is 0 Å². The lowest BCUT2D eigenvalue weighted by atomic mass is 9.99. The quantitative estimate of drug-likeness (QED) is 0.618. The first-order chi connectivity index (χ1) is 16.0. The first kappa shape index (κ1) is 25.7. The number of amides is 2. The van der Waals surface area contributed by atoms with Crippen LogP contribution < -0.4 is 10.6 Å². The van der Waals surface area contributed by atoms with E-state index in [1.165, 1.54) is 12.1 Å². The van der Waals surface area contributed by atoms with Crippen LogP contribution in [0.25, 0.3) is 0 Å². The monoisotopic (exact) mass is 475 g/mol. The third-order valence-electron chi connectivity index (χ3n) is 6.11. The number of nitrogens with one attached hydrogen (secondary N) is 2. The zero-order chi connectivity index (χ0) is 24.9. The summed E-state index contributed by atoms with van der Waals surface area (Å²) in [4.78, 5) is 27.7. The third kappa shape index (κ3) is 7.06. The Balaban J connectivity index is 1.52. The van der Waals surface area contributed by atoms with E-state index in [9.17, 15) is 22.8 Å². The van der Waals surface area contributed by atoms with Crippen molar-refractivity contribution in [2.75, 3.05) is 13.1 Å². The standard InChI is InChI=1S/C26H32F3N3O2/c1-17(2)23(31-24(33)20-8-4-6-18(3)14-20)25(34)30-22-10-12-32(13-11-22)16-19-7-5-9-21(15-19)26(27,28)29/h4-9,14-15,17,22-23H,10-13,16H2,1-3H3,(H,30,34)(H,31,33). The molecule has 2 aromatic rings. The zero-order valence-corrected chi connectivity index (χ0v) is 19.8. The fourth-order valence-electron chi connectivity index (χ4n) is 4.18. The molecule has 1 atom stereocenters. The highest BCUT2D eigenvalue weighted by Crippen LogP contribution is 2.30. The average molecular weight is 476 g/mol. The van der Waals surface area contributed by atoms with E-state index in [1.807, 2.05) is 32.9 Å². The number of likely N-dealkylation sites (tertiary alicyclic amines) is 1. The Kier molecular flexibility index (Phi) is 8.36. The number of carbonyl (C=O) groups is 2. The summed E-state index contributed by atoms with van der Waals surface area (Å²) >= 11 is 0. The minimum atomic E-state index is -4.35. The van der Waals surface area contributed by atoms with E-state index >= 15 is 0 Å². The Morgan fingerprint density at radius 1 is 1.06 bits per heavy atom. The van der Waals surface area contributed by atoms with Gasteiger partial charge >= 0.3 is 6.18 Å². The second-order valence-corrected chi connectivity index (χ2v) is 9.32. The molecule has 1 aliphatic rings. The van der Waals surface area contributed by atoms with E-state index in [0.717, 1.165) is 11.6 Å². The Morgan fingerprint density at radius 2 is 1.74 bits per heavy atom. The number of nitrogens with zero attached hydrogens (tertiary/aromatic N) is 1. The molecule has 1 aliphatic heterocycles. The molecule has 2 N–H and O–H groups in total. The largest absolute Gasteiger partial charge is 0.416 e. The number of piperidine rings is 1. The highest BCUT2D eigenvalue weighted by Gasteiger charge is 2.31. The molecule has 2 amide bonds. The second kappa shape index (κ2) is 11.0. The van der Waals surface area contributed by atoms with Crippen LogP contribution in [-0.2, 0) is 17.5 Å². The summed E-state index contributed by atoms with van der Waals surface area (Å²) in [5.74, 6) is -0.587. The highest BCUT2D eigenvalue weighted by molar-refractivity contribution is 5.97. The molecule has 1 heterocycles. The van der Waals surface area contributed by atoms with Gasteiger partial charge in [0, 0.05) is 31.2 Å². The van der Waals surface area contributed by atoms with Crippen molar-refractivity contribution in [2.24, 2.45) is 5.92 Å². The number of halogens is 3. The highest BCUT2D eigenvalue weighted by atomic mass is 19.4. The molecule has 3 rings (SSSR count). The number of hydrogen-bond acceptors (Lipinski definition) is 3. The van der Waals surface area contributed by atoms with Crippen molar-refractivity contribution < 1.29 is 22.8 Å². The van der Waals surface area contributed by atoms with E-state index in [2.05, 4.69) is 15.5 Å². The number of hydrogen-bond donors (Lipinski definition) is 2. The molecule has 0 spiro atoms. The van der Waals surface area contributed by atoms with E-state index in [1.54, 1.807) is 18.2 Å². The number of aryl methyl sites for hydroxylation is 1. The van der Waals surface area contributed by atoms with Gasteiger partial charge < -0.3 is 10.6 Å². The molecular formula is C26H32F3N3O2. The Morgan fingerprint density at radius 3 is 2.35 bits per heavy atom. The summed E-state index contributed by atoms with van der Waals surface area (Å²) in [7, 11) is 0. The number of rotatable bonds is 7. The molecule has 0 saturated carbocycles. The summed E-state index contributed by atoms with van der Waals surface area (Å²) < 4.78 is 38.9. The van der Waals surface area contributed by atoms with Crippen molar-refractivity contribution in [1.82, 2.24) is 15.5 Å². The van der Waals surface area contributed by atoms with Gasteiger partial charge in [-0.1, -0.05) is 49.7 Å². The van der Waals surface area contributed by atoms with Gasteiger partial charge in [0.2, 0.25) is 5.91 Å². The lowest BCUT2D eigenvalue weighted by molar-refractivity contribution is -0.137. The van der Waals surface area contributed by atoms with Gasteiger partial charge in [-0.3, -0.25) is 14.5 Å². The first-order valence-corrected chi connectivity index (χ1v) is 11.6. The van der Waals surface area contributed by atoms with Gasteiger partial charge in [-0.05, 0) is 49.4 Å². The fraction of sp³-hybridized carbons (Fsp3) is 0.462. The summed E-state index contributed by atoms with van der Waals surface area (Å²) in [6.45, 7) is 7.46. The summed E-state index contributed by atoms with van der Waals surface area (Å²) in [5.41, 5.74) is 1.46. The molecule has 0 aliphatic carbocycles. The summed E-state index contributed by atoms with van der Waals surface area (Å²) in [5, 5.41) is 5.91. The molecule has 1 saturated heterocycles. The van der Waals surface area contributed by atoms with Crippen LogP contribution in [0.2, 0.25) is 0 Å². The van der Waals surface area contributed by atoms with Crippen LogP contribution in [0.1, 0.15) is 53.7 Å². The van der Waals surface area contributed by atoms with Crippen LogP contribution in [0.4, 0.5) is 13.2 Å². The predicted octanol–water partition coefficient (Wildman–Crippen LogP) is 4.55. The smallest absolute Gasteiger partial charge is 0.351 e. The van der Waals surface area contributed by atoms with Gasteiger partial charge in [0.25, 0.3) is 5.91 Å². The molecule has 5 nitrogen and oxygen atoms in total. The van der Waals surface area contributed by atoms with Crippen molar-refractivity contribution in [3.8, 4) is 0 Å². The average Bonchev–Trinajstić information content (AvgIpc) is 2.78. The number of benzene rings is 2. The van der Waals surface area contributed by atoms with Crippen LogP contribution >= 0.6 is 0 Å². The Labute approximate surface area is 198 Å². The first-order valence-electron chi connectivity index (χ1n) is 11.6. The lowest BCUT2D eigenvalue weighted by Gasteiger charge is -2.33. The SMILES string of the molecule is Cc1cccc(C(=O)NC(C(=O)NC2CCN(Cc3cccc(C(F)(F)F)c3)CC2)C(C)C)c1. The predicted molar refractivity (Wildman–Crippen MR) is 125 cm³/mol. The van der Waals surface area contributed by atoms with Gasteiger partial charge in [0.1, 0.15) is 6.04 Å². The number of alkyl halides is 3. The third-order valence-corrected chi connectivity index (χ3v) is 6.11. The zero-order valence-electron chi connectivity index (χ0n) is 19.8. The Hall–Kier alpha value is -2.87. The van der Waals surface area contributed by atoms with Crippen molar-refractivity contribution in [1.29, 1.82) is 0 Å². The van der Waals surface area contributed by atoms with Crippen molar-refractivity contribution in [2.45, 2.75) is 58.4 Å². The normalized spacial score (nSPS) is 16.3. The molecule has 34 heavy (non-hydrogen) atoms. The topological polar surface area (TPSA) is 61.4 Å². The van der Waals surface area contributed by atoms with Crippen LogP contribution in [-0.4, -0.2) is 41.9 Å². The van der Waals surface area contributed by atoms with Gasteiger partial charge in [-0.2, -0.15) is 13.2 Å². The molecule has 0 radical (unpaired) electrons. The molecule has 0 aromatic heterocycles. The molecule has 184 valence electrons.